The lowest BCUT2D eigenvalue weighted by atomic mass is 9.95. The lowest BCUT2D eigenvalue weighted by Crippen LogP contribution is -2.13. The molecule has 0 amide bonds. The van der Waals surface area contributed by atoms with Crippen molar-refractivity contribution in [3.63, 3.8) is 0 Å². The molecule has 0 aliphatic heterocycles. The Balaban J connectivity index is 2.14. The molecule has 0 aliphatic rings. The fraction of sp³-hybridized carbons (Fsp3) is 0.167. The number of benzene rings is 2. The van der Waals surface area contributed by atoms with Crippen LogP contribution in [0.3, 0.4) is 0 Å². The van der Waals surface area contributed by atoms with Gasteiger partial charge in [-0.25, -0.2) is 4.98 Å². The Hall–Kier alpha value is -3.60. The molecule has 1 aromatic heterocycles. The molecule has 1 N–H and O–H groups in total. The molecule has 0 radical (unpaired) electrons. The Morgan fingerprint density at radius 2 is 2.03 bits per heavy atom. The third-order valence-electron chi connectivity index (χ3n) is 4.62. The lowest BCUT2D eigenvalue weighted by molar-refractivity contribution is 0.0956. The molecule has 0 spiro atoms. The number of aromatic hydroxyl groups is 1. The number of rotatable bonds is 7. The van der Waals surface area contributed by atoms with Gasteiger partial charge in [0, 0.05) is 18.0 Å². The van der Waals surface area contributed by atoms with Gasteiger partial charge < -0.3 is 9.84 Å². The van der Waals surface area contributed by atoms with Gasteiger partial charge in [-0.3, -0.25) is 9.36 Å². The summed E-state index contributed by atoms with van der Waals surface area (Å²) >= 11 is 0. The van der Waals surface area contributed by atoms with Crippen LogP contribution in [0.25, 0.3) is 12.2 Å². The van der Waals surface area contributed by atoms with Gasteiger partial charge >= 0.3 is 0 Å². The number of ether oxygens (including phenoxy) is 1. The van der Waals surface area contributed by atoms with E-state index in [1.54, 1.807) is 19.4 Å². The van der Waals surface area contributed by atoms with Gasteiger partial charge in [-0.15, -0.1) is 6.58 Å². The fourth-order valence-corrected chi connectivity index (χ4v) is 3.08. The molecular weight excluding hydrogens is 364 g/mol. The summed E-state index contributed by atoms with van der Waals surface area (Å²) in [6.07, 6.45) is 9.42. The molecule has 0 aliphatic carbocycles. The number of phenols is 1. The van der Waals surface area contributed by atoms with E-state index in [1.165, 1.54) is 17.1 Å². The summed E-state index contributed by atoms with van der Waals surface area (Å²) in [4.78, 5) is 17.1. The van der Waals surface area contributed by atoms with Gasteiger partial charge in [0.05, 0.1) is 12.7 Å². The minimum atomic E-state index is -0.355. The van der Waals surface area contributed by atoms with Crippen LogP contribution in [-0.4, -0.2) is 27.7 Å². The summed E-state index contributed by atoms with van der Waals surface area (Å²) < 4.78 is 6.87. The Morgan fingerprint density at radius 1 is 1.28 bits per heavy atom. The second-order valence-electron chi connectivity index (χ2n) is 6.85. The highest BCUT2D eigenvalue weighted by Gasteiger charge is 2.23. The van der Waals surface area contributed by atoms with Gasteiger partial charge in [-0.2, -0.15) is 0 Å². The van der Waals surface area contributed by atoms with Crippen LogP contribution in [0.4, 0.5) is 0 Å². The smallest absolute Gasteiger partial charge is 0.267 e. The number of phenolic OH excluding ortho intramolecular Hbond substituents is 1. The molecule has 29 heavy (non-hydrogen) atoms. The molecule has 0 atom stereocenters. The van der Waals surface area contributed by atoms with E-state index in [0.29, 0.717) is 29.7 Å². The first-order chi connectivity index (χ1) is 14.0. The summed E-state index contributed by atoms with van der Waals surface area (Å²) in [6, 6.07) is 11.5. The van der Waals surface area contributed by atoms with Crippen molar-refractivity contribution in [1.29, 1.82) is 0 Å². The maximum absolute atomic E-state index is 13.1. The average molecular weight is 388 g/mol. The first-order valence-electron chi connectivity index (χ1n) is 9.34. The number of carbonyl (C=O) groups is 1. The van der Waals surface area contributed by atoms with E-state index < -0.39 is 0 Å². The van der Waals surface area contributed by atoms with Gasteiger partial charge in [0.1, 0.15) is 17.8 Å². The maximum Gasteiger partial charge on any atom is 0.267 e. The summed E-state index contributed by atoms with van der Waals surface area (Å²) in [5, 5.41) is 11.1. The van der Waals surface area contributed by atoms with Gasteiger partial charge in [0.2, 0.25) is 0 Å². The fourth-order valence-electron chi connectivity index (χ4n) is 3.08. The molecule has 0 unspecified atom stereocenters. The number of nitrogens with zero attached hydrogens (tertiary/aromatic N) is 2. The van der Waals surface area contributed by atoms with E-state index in [4.69, 9.17) is 4.74 Å². The minimum absolute atomic E-state index is 0.0722. The van der Waals surface area contributed by atoms with Crippen LogP contribution in [0, 0.1) is 0 Å². The summed E-state index contributed by atoms with van der Waals surface area (Å²) in [6.45, 7) is 5.85. The van der Waals surface area contributed by atoms with Crippen molar-refractivity contribution in [1.82, 2.24) is 9.55 Å². The van der Waals surface area contributed by atoms with Crippen LogP contribution >= 0.6 is 0 Å². The van der Waals surface area contributed by atoms with Crippen LogP contribution < -0.4 is 4.74 Å². The van der Waals surface area contributed by atoms with Gasteiger partial charge in [0.25, 0.3) is 5.91 Å². The molecule has 5 nitrogen and oxygen atoms in total. The third kappa shape index (κ3) is 4.63. The molecule has 2 aromatic carbocycles. The molecular formula is C24H24N2O3. The highest BCUT2D eigenvalue weighted by Crippen LogP contribution is 2.37. The molecule has 148 valence electrons. The molecule has 1 heterocycles. The standard InChI is InChI=1S/C24H24N2O3/c1-17(2)9-12-20-21(29-3)15-19(11-10-18-7-5-4-6-8-18)22(23(20)27)24(28)26-14-13-25-16-26/h4-8,10-11,13-16,27H,1,9,12H2,2-3H3. The van der Waals surface area contributed by atoms with Crippen LogP contribution in [0.2, 0.25) is 0 Å². The predicted octanol–water partition coefficient (Wildman–Crippen LogP) is 4.96. The number of methoxy groups -OCH3 is 1. The first-order valence-corrected chi connectivity index (χ1v) is 9.34. The number of hydrogen-bond donors (Lipinski definition) is 1. The second kappa shape index (κ2) is 9.06. The lowest BCUT2D eigenvalue weighted by Gasteiger charge is -2.17. The number of aromatic nitrogens is 2. The van der Waals surface area contributed by atoms with E-state index in [1.807, 2.05) is 49.4 Å². The number of carbonyl (C=O) groups excluding carboxylic acids is 1. The highest BCUT2D eigenvalue weighted by molar-refractivity contribution is 6.03. The van der Waals surface area contributed by atoms with Crippen molar-refractivity contribution in [2.24, 2.45) is 0 Å². The van der Waals surface area contributed by atoms with Crippen molar-refractivity contribution < 1.29 is 14.6 Å². The van der Waals surface area contributed by atoms with E-state index in [0.717, 1.165) is 11.1 Å². The zero-order valence-corrected chi connectivity index (χ0v) is 16.6. The Labute approximate surface area is 170 Å². The molecule has 0 bridgehead atoms. The summed E-state index contributed by atoms with van der Waals surface area (Å²) in [5.41, 5.74) is 3.35. The van der Waals surface area contributed by atoms with Gasteiger partial charge in [0.15, 0.2) is 0 Å². The monoisotopic (exact) mass is 388 g/mol. The highest BCUT2D eigenvalue weighted by atomic mass is 16.5. The van der Waals surface area contributed by atoms with E-state index >= 15 is 0 Å². The van der Waals surface area contributed by atoms with Crippen molar-refractivity contribution in [2.75, 3.05) is 7.11 Å². The first kappa shape index (κ1) is 20.1. The molecule has 0 fully saturated rings. The Morgan fingerprint density at radius 3 is 2.66 bits per heavy atom. The quantitative estimate of drug-likeness (QED) is 0.459. The molecule has 0 saturated heterocycles. The van der Waals surface area contributed by atoms with Crippen LogP contribution in [-0.2, 0) is 6.42 Å². The topological polar surface area (TPSA) is 64.4 Å². The Bertz CT molecular complexity index is 1040. The van der Waals surface area contributed by atoms with E-state index in [9.17, 15) is 9.90 Å². The second-order valence-corrected chi connectivity index (χ2v) is 6.85. The van der Waals surface area contributed by atoms with Crippen LogP contribution in [0.1, 0.15) is 40.4 Å². The molecule has 5 heteroatoms. The van der Waals surface area contributed by atoms with Gasteiger partial charge in [-0.1, -0.05) is 48.1 Å². The van der Waals surface area contributed by atoms with Crippen molar-refractivity contribution in [3.05, 3.63) is 89.5 Å². The average Bonchev–Trinajstić information content (AvgIpc) is 3.26. The van der Waals surface area contributed by atoms with Gasteiger partial charge in [-0.05, 0) is 37.0 Å². The van der Waals surface area contributed by atoms with E-state index in [-0.39, 0.29) is 17.2 Å². The van der Waals surface area contributed by atoms with Crippen molar-refractivity contribution >= 4 is 18.1 Å². The van der Waals surface area contributed by atoms with E-state index in [2.05, 4.69) is 11.6 Å². The van der Waals surface area contributed by atoms with Crippen LogP contribution in [0.5, 0.6) is 11.5 Å². The summed E-state index contributed by atoms with van der Waals surface area (Å²) in [7, 11) is 1.56. The Kier molecular flexibility index (Phi) is 6.29. The molecule has 3 rings (SSSR count). The minimum Gasteiger partial charge on any atom is -0.507 e. The number of hydrogen-bond acceptors (Lipinski definition) is 4. The molecule has 0 saturated carbocycles. The molecule has 3 aromatic rings. The number of imidazole rings is 1. The maximum atomic E-state index is 13.1. The van der Waals surface area contributed by atoms with Crippen molar-refractivity contribution in [2.45, 2.75) is 19.8 Å². The zero-order chi connectivity index (χ0) is 20.8. The summed E-state index contributed by atoms with van der Waals surface area (Å²) in [5.74, 6) is 0.114. The van der Waals surface area contributed by atoms with Crippen molar-refractivity contribution in [3.8, 4) is 11.5 Å². The SMILES string of the molecule is C=C(C)CCc1c(OC)cc(C=Cc2ccccc2)c(C(=O)n2ccnc2)c1O. The third-order valence-corrected chi connectivity index (χ3v) is 4.62. The van der Waals surface area contributed by atoms with Crippen LogP contribution in [0.15, 0.2) is 67.3 Å². The normalized spacial score (nSPS) is 11.0. The number of allylic oxidation sites excluding steroid dienone is 1. The zero-order valence-electron chi connectivity index (χ0n) is 16.6. The predicted molar refractivity (Wildman–Crippen MR) is 115 cm³/mol. The largest absolute Gasteiger partial charge is 0.507 e.